The maximum Gasteiger partial charge on any atom is 0.212 e. The van der Waals surface area contributed by atoms with E-state index in [2.05, 4.69) is 20.3 Å². The van der Waals surface area contributed by atoms with Crippen molar-refractivity contribution < 1.29 is 18.9 Å². The molecule has 2 aromatic heterocycles. The topological polar surface area (TPSA) is 92.6 Å². The predicted molar refractivity (Wildman–Crippen MR) is 129 cm³/mol. The van der Waals surface area contributed by atoms with Crippen molar-refractivity contribution in [2.24, 2.45) is 0 Å². The molecule has 0 amide bonds. The quantitative estimate of drug-likeness (QED) is 0.487. The maximum atomic E-state index is 6.30. The van der Waals surface area contributed by atoms with E-state index >= 15 is 0 Å². The Kier molecular flexibility index (Phi) is 5.56. The second kappa shape index (κ2) is 8.88. The first-order valence-electron chi connectivity index (χ1n) is 12.1. The summed E-state index contributed by atoms with van der Waals surface area (Å²) < 4.78 is 26.2. The van der Waals surface area contributed by atoms with Crippen molar-refractivity contribution >= 4 is 17.0 Å². The molecule has 9 nitrogen and oxygen atoms in total. The monoisotopic (exact) mass is 475 g/mol. The summed E-state index contributed by atoms with van der Waals surface area (Å²) in [6.45, 7) is 4.25. The number of aromatic nitrogens is 4. The third kappa shape index (κ3) is 4.32. The Morgan fingerprint density at radius 2 is 1.97 bits per heavy atom. The predicted octanol–water partition coefficient (Wildman–Crippen LogP) is 4.80. The lowest BCUT2D eigenvalue weighted by molar-refractivity contribution is -0.163. The van der Waals surface area contributed by atoms with Crippen molar-refractivity contribution in [1.29, 1.82) is 0 Å². The molecule has 1 N–H and O–H groups in total. The normalized spacial score (nSPS) is 23.6. The molecule has 6 rings (SSSR count). The SMILES string of the molecule is CC1(C)OC2=C(/C=C/OCc3ccccc3)O[C@@H](n3cnc4c(NC5CCCC5)ncnc43)C2O1. The number of hydrogen-bond acceptors (Lipinski definition) is 8. The van der Waals surface area contributed by atoms with Crippen LogP contribution in [-0.4, -0.2) is 37.5 Å². The molecule has 3 aliphatic rings. The summed E-state index contributed by atoms with van der Waals surface area (Å²) in [5.74, 6) is 1.19. The van der Waals surface area contributed by atoms with Gasteiger partial charge in [0.2, 0.25) is 12.0 Å². The molecular formula is C26H29N5O4. The fraction of sp³-hybridized carbons (Fsp3) is 0.423. The summed E-state index contributed by atoms with van der Waals surface area (Å²) >= 11 is 0. The van der Waals surface area contributed by atoms with Crippen LogP contribution in [0, 0.1) is 0 Å². The fourth-order valence-electron chi connectivity index (χ4n) is 4.89. The van der Waals surface area contributed by atoms with Crippen molar-refractivity contribution in [3.8, 4) is 0 Å². The Morgan fingerprint density at radius 1 is 1.14 bits per heavy atom. The van der Waals surface area contributed by atoms with E-state index in [1.807, 2.05) is 48.7 Å². The van der Waals surface area contributed by atoms with Crippen LogP contribution in [0.15, 0.2) is 66.8 Å². The van der Waals surface area contributed by atoms with Gasteiger partial charge in [0.15, 0.2) is 34.6 Å². The zero-order valence-electron chi connectivity index (χ0n) is 19.9. The Hall–Kier alpha value is -3.59. The highest BCUT2D eigenvalue weighted by molar-refractivity contribution is 5.82. The van der Waals surface area contributed by atoms with E-state index in [0.717, 1.165) is 29.7 Å². The highest BCUT2D eigenvalue weighted by Crippen LogP contribution is 2.46. The van der Waals surface area contributed by atoms with E-state index in [1.54, 1.807) is 25.0 Å². The first-order valence-corrected chi connectivity index (χ1v) is 12.1. The molecule has 182 valence electrons. The summed E-state index contributed by atoms with van der Waals surface area (Å²) in [4.78, 5) is 13.6. The van der Waals surface area contributed by atoms with E-state index in [9.17, 15) is 0 Å². The smallest absolute Gasteiger partial charge is 0.212 e. The van der Waals surface area contributed by atoms with E-state index in [4.69, 9.17) is 18.9 Å². The molecule has 0 spiro atoms. The van der Waals surface area contributed by atoms with E-state index in [1.165, 1.54) is 12.8 Å². The zero-order valence-corrected chi connectivity index (χ0v) is 19.9. The van der Waals surface area contributed by atoms with Gasteiger partial charge in [-0.3, -0.25) is 4.57 Å². The average Bonchev–Trinajstić information content (AvgIpc) is 3.62. The van der Waals surface area contributed by atoms with Crippen LogP contribution in [0.3, 0.4) is 0 Å². The first-order chi connectivity index (χ1) is 17.1. The van der Waals surface area contributed by atoms with Gasteiger partial charge in [-0.1, -0.05) is 43.2 Å². The van der Waals surface area contributed by atoms with E-state index in [0.29, 0.717) is 29.8 Å². The minimum atomic E-state index is -0.771. The number of fused-ring (bicyclic) bond motifs is 2. The van der Waals surface area contributed by atoms with E-state index in [-0.39, 0.29) is 0 Å². The molecule has 9 heteroatoms. The molecule has 1 aromatic carbocycles. The van der Waals surface area contributed by atoms with Crippen LogP contribution >= 0.6 is 0 Å². The van der Waals surface area contributed by atoms with Gasteiger partial charge < -0.3 is 24.3 Å². The molecule has 1 unspecified atom stereocenters. The van der Waals surface area contributed by atoms with Crippen molar-refractivity contribution in [3.05, 3.63) is 72.4 Å². The second-order valence-corrected chi connectivity index (χ2v) is 9.55. The lowest BCUT2D eigenvalue weighted by Gasteiger charge is -2.22. The minimum Gasteiger partial charge on any atom is -0.496 e. The van der Waals surface area contributed by atoms with Gasteiger partial charge in [0.1, 0.15) is 19.3 Å². The van der Waals surface area contributed by atoms with Crippen molar-refractivity contribution in [3.63, 3.8) is 0 Å². The van der Waals surface area contributed by atoms with Crippen LogP contribution in [0.2, 0.25) is 0 Å². The lowest BCUT2D eigenvalue weighted by Crippen LogP contribution is -2.27. The van der Waals surface area contributed by atoms with Gasteiger partial charge in [0.05, 0.1) is 6.26 Å². The third-order valence-corrected chi connectivity index (χ3v) is 6.51. The molecular weight excluding hydrogens is 446 g/mol. The summed E-state index contributed by atoms with van der Waals surface area (Å²) in [5.41, 5.74) is 2.49. The molecule has 3 aromatic rings. The number of nitrogens with zero attached hydrogens (tertiary/aromatic N) is 4. The molecule has 2 aliphatic heterocycles. The highest BCUT2D eigenvalue weighted by atomic mass is 16.8. The Bertz CT molecular complexity index is 1260. The van der Waals surface area contributed by atoms with Crippen LogP contribution in [0.5, 0.6) is 0 Å². The number of rotatable bonds is 7. The number of allylic oxidation sites excluding steroid dienone is 1. The molecule has 0 bridgehead atoms. The number of imidazole rings is 1. The first kappa shape index (κ1) is 21.9. The summed E-state index contributed by atoms with van der Waals surface area (Å²) in [6, 6.07) is 10.4. The molecule has 1 saturated carbocycles. The number of ether oxygens (including phenoxy) is 4. The van der Waals surface area contributed by atoms with Crippen LogP contribution < -0.4 is 5.32 Å². The molecule has 0 radical (unpaired) electrons. The van der Waals surface area contributed by atoms with E-state index < -0.39 is 18.1 Å². The molecule has 35 heavy (non-hydrogen) atoms. The number of nitrogens with one attached hydrogen (secondary N) is 1. The Balaban J connectivity index is 1.24. The third-order valence-electron chi connectivity index (χ3n) is 6.51. The number of hydrogen-bond donors (Lipinski definition) is 1. The van der Waals surface area contributed by atoms with Gasteiger partial charge in [-0.15, -0.1) is 0 Å². The molecule has 2 fully saturated rings. The van der Waals surface area contributed by atoms with Gasteiger partial charge in [-0.25, -0.2) is 15.0 Å². The summed E-state index contributed by atoms with van der Waals surface area (Å²) in [6.07, 6.45) is 10.5. The van der Waals surface area contributed by atoms with Crippen molar-refractivity contribution in [2.75, 3.05) is 5.32 Å². The standard InChI is InChI=1S/C26H29N5O4/c1-26(2)34-21-19(12-13-32-14-17-8-4-3-5-9-17)33-25(22(21)35-26)31-16-29-20-23(27-15-28-24(20)31)30-18-10-6-7-11-18/h3-5,8-9,12-13,15-16,18,22,25H,6-7,10-11,14H2,1-2H3,(H,27,28,30)/b13-12+/t22?,25-/m1/s1. The Morgan fingerprint density at radius 3 is 2.80 bits per heavy atom. The molecule has 2 atom stereocenters. The number of anilines is 1. The molecule has 1 saturated heterocycles. The van der Waals surface area contributed by atoms with Gasteiger partial charge in [-0.05, 0) is 18.4 Å². The largest absolute Gasteiger partial charge is 0.496 e. The fourth-order valence-corrected chi connectivity index (χ4v) is 4.89. The molecule has 1 aliphatic carbocycles. The van der Waals surface area contributed by atoms with Crippen molar-refractivity contribution in [1.82, 2.24) is 19.5 Å². The Labute approximate surface area is 203 Å². The summed E-state index contributed by atoms with van der Waals surface area (Å²) in [7, 11) is 0. The summed E-state index contributed by atoms with van der Waals surface area (Å²) in [5, 5.41) is 3.54. The second-order valence-electron chi connectivity index (χ2n) is 9.55. The number of benzene rings is 1. The lowest BCUT2D eigenvalue weighted by atomic mass is 10.2. The van der Waals surface area contributed by atoms with Gasteiger partial charge in [-0.2, -0.15) is 0 Å². The van der Waals surface area contributed by atoms with Crippen molar-refractivity contribution in [2.45, 2.75) is 70.3 Å². The average molecular weight is 476 g/mol. The van der Waals surface area contributed by atoms with Crippen LogP contribution in [0.4, 0.5) is 5.82 Å². The van der Waals surface area contributed by atoms with Gasteiger partial charge in [0.25, 0.3) is 0 Å². The van der Waals surface area contributed by atoms with Gasteiger partial charge in [0, 0.05) is 26.0 Å². The van der Waals surface area contributed by atoms with Gasteiger partial charge >= 0.3 is 0 Å². The maximum absolute atomic E-state index is 6.30. The van der Waals surface area contributed by atoms with Crippen LogP contribution in [0.25, 0.3) is 11.2 Å². The van der Waals surface area contributed by atoms with Crippen LogP contribution in [-0.2, 0) is 25.6 Å². The minimum absolute atomic E-state index is 0.425. The molecule has 4 heterocycles. The van der Waals surface area contributed by atoms with Crippen LogP contribution in [0.1, 0.15) is 51.3 Å². The highest BCUT2D eigenvalue weighted by Gasteiger charge is 2.51. The zero-order chi connectivity index (χ0) is 23.8.